The van der Waals surface area contributed by atoms with E-state index in [1.165, 1.54) is 5.56 Å². The highest BCUT2D eigenvalue weighted by Gasteiger charge is 2.30. The Balaban J connectivity index is 1.44. The quantitative estimate of drug-likeness (QED) is 0.833. The van der Waals surface area contributed by atoms with Crippen LogP contribution < -0.4 is 0 Å². The van der Waals surface area contributed by atoms with Crippen molar-refractivity contribution in [3.05, 3.63) is 35.9 Å². The SMILES string of the molecule is O=C(CCC(=O)N1CCC(c2ccccc2)CC1)C1CC1. The molecule has 0 atom stereocenters. The summed E-state index contributed by atoms with van der Waals surface area (Å²) in [6.07, 6.45) is 5.00. The van der Waals surface area contributed by atoms with E-state index >= 15 is 0 Å². The molecule has 1 amide bonds. The fourth-order valence-electron chi connectivity index (χ4n) is 3.19. The number of benzene rings is 1. The van der Waals surface area contributed by atoms with Gasteiger partial charge in [-0.25, -0.2) is 0 Å². The van der Waals surface area contributed by atoms with Gasteiger partial charge in [0.1, 0.15) is 5.78 Å². The summed E-state index contributed by atoms with van der Waals surface area (Å²) in [4.78, 5) is 25.8. The summed E-state index contributed by atoms with van der Waals surface area (Å²) in [5.74, 6) is 1.31. The van der Waals surface area contributed by atoms with Crippen LogP contribution >= 0.6 is 0 Å². The Morgan fingerprint density at radius 3 is 2.24 bits per heavy atom. The lowest BCUT2D eigenvalue weighted by atomic mass is 9.89. The van der Waals surface area contributed by atoms with Crippen molar-refractivity contribution < 1.29 is 9.59 Å². The van der Waals surface area contributed by atoms with E-state index < -0.39 is 0 Å². The molecular weight excluding hydrogens is 262 g/mol. The normalized spacial score (nSPS) is 19.5. The van der Waals surface area contributed by atoms with E-state index in [9.17, 15) is 9.59 Å². The van der Waals surface area contributed by atoms with Gasteiger partial charge >= 0.3 is 0 Å². The third-order valence-electron chi connectivity index (χ3n) is 4.74. The van der Waals surface area contributed by atoms with Gasteiger partial charge in [-0.1, -0.05) is 30.3 Å². The van der Waals surface area contributed by atoms with Gasteiger partial charge in [0.15, 0.2) is 0 Å². The van der Waals surface area contributed by atoms with Crippen molar-refractivity contribution in [2.24, 2.45) is 5.92 Å². The summed E-state index contributed by atoms with van der Waals surface area (Å²) >= 11 is 0. The molecule has 0 bridgehead atoms. The summed E-state index contributed by atoms with van der Waals surface area (Å²) in [5, 5.41) is 0. The molecule has 2 fully saturated rings. The summed E-state index contributed by atoms with van der Waals surface area (Å²) in [5.41, 5.74) is 1.38. The molecule has 0 radical (unpaired) electrons. The first kappa shape index (κ1) is 14.3. The molecule has 1 heterocycles. The number of likely N-dealkylation sites (tertiary alicyclic amines) is 1. The number of amides is 1. The second kappa shape index (κ2) is 6.42. The van der Waals surface area contributed by atoms with Crippen molar-refractivity contribution in [2.45, 2.75) is 44.4 Å². The number of ketones is 1. The van der Waals surface area contributed by atoms with Gasteiger partial charge in [0, 0.05) is 31.8 Å². The van der Waals surface area contributed by atoms with Gasteiger partial charge in [-0.15, -0.1) is 0 Å². The maximum atomic E-state index is 12.2. The lowest BCUT2D eigenvalue weighted by Gasteiger charge is -2.32. The van der Waals surface area contributed by atoms with Gasteiger partial charge in [-0.2, -0.15) is 0 Å². The van der Waals surface area contributed by atoms with Gasteiger partial charge in [0.2, 0.25) is 5.91 Å². The van der Waals surface area contributed by atoms with Crippen LogP contribution in [0.25, 0.3) is 0 Å². The van der Waals surface area contributed by atoms with Crippen LogP contribution in [0.1, 0.15) is 50.0 Å². The Kier molecular flexibility index (Phi) is 4.37. The zero-order valence-corrected chi connectivity index (χ0v) is 12.5. The van der Waals surface area contributed by atoms with Gasteiger partial charge < -0.3 is 4.90 Å². The third kappa shape index (κ3) is 3.72. The molecule has 2 aliphatic rings. The maximum Gasteiger partial charge on any atom is 0.223 e. The van der Waals surface area contributed by atoms with Gasteiger partial charge in [0.25, 0.3) is 0 Å². The molecular formula is C18H23NO2. The van der Waals surface area contributed by atoms with Crippen molar-refractivity contribution in [3.8, 4) is 0 Å². The van der Waals surface area contributed by atoms with Crippen molar-refractivity contribution in [1.29, 1.82) is 0 Å². The Labute approximate surface area is 126 Å². The van der Waals surface area contributed by atoms with Gasteiger partial charge in [-0.05, 0) is 37.2 Å². The molecule has 1 saturated heterocycles. The zero-order valence-electron chi connectivity index (χ0n) is 12.5. The molecule has 1 saturated carbocycles. The van der Waals surface area contributed by atoms with E-state index in [0.717, 1.165) is 38.8 Å². The number of rotatable bonds is 5. The summed E-state index contributed by atoms with van der Waals surface area (Å²) in [6.45, 7) is 1.66. The Hall–Kier alpha value is -1.64. The largest absolute Gasteiger partial charge is 0.343 e. The third-order valence-corrected chi connectivity index (χ3v) is 4.74. The number of carbonyl (C=O) groups excluding carboxylic acids is 2. The molecule has 1 aliphatic heterocycles. The lowest BCUT2D eigenvalue weighted by Crippen LogP contribution is -2.38. The van der Waals surface area contributed by atoms with Gasteiger partial charge in [-0.3, -0.25) is 9.59 Å². The maximum absolute atomic E-state index is 12.2. The van der Waals surface area contributed by atoms with Crippen molar-refractivity contribution in [1.82, 2.24) is 4.90 Å². The highest BCUT2D eigenvalue weighted by Crippen LogP contribution is 2.32. The minimum absolute atomic E-state index is 0.163. The molecule has 3 nitrogen and oxygen atoms in total. The van der Waals surface area contributed by atoms with Crippen molar-refractivity contribution >= 4 is 11.7 Å². The lowest BCUT2D eigenvalue weighted by molar-refractivity contribution is -0.134. The molecule has 0 unspecified atom stereocenters. The highest BCUT2D eigenvalue weighted by atomic mass is 16.2. The Morgan fingerprint density at radius 1 is 0.952 bits per heavy atom. The number of hydrogen-bond acceptors (Lipinski definition) is 2. The first-order chi connectivity index (χ1) is 10.2. The Morgan fingerprint density at radius 2 is 1.62 bits per heavy atom. The first-order valence-corrected chi connectivity index (χ1v) is 8.09. The van der Waals surface area contributed by atoms with E-state index in [1.54, 1.807) is 0 Å². The zero-order chi connectivity index (χ0) is 14.7. The highest BCUT2D eigenvalue weighted by molar-refractivity contribution is 5.87. The molecule has 1 aromatic rings. The van der Waals surface area contributed by atoms with Gasteiger partial charge in [0.05, 0.1) is 0 Å². The molecule has 1 aromatic carbocycles. The fraction of sp³-hybridized carbons (Fsp3) is 0.556. The minimum atomic E-state index is 0.163. The molecule has 112 valence electrons. The number of Topliss-reactive ketones (excluding diaryl/α,β-unsaturated/α-hetero) is 1. The fourth-order valence-corrected chi connectivity index (χ4v) is 3.19. The minimum Gasteiger partial charge on any atom is -0.343 e. The summed E-state index contributed by atoms with van der Waals surface area (Å²) < 4.78 is 0. The number of nitrogens with zero attached hydrogens (tertiary/aromatic N) is 1. The summed E-state index contributed by atoms with van der Waals surface area (Å²) in [6, 6.07) is 10.6. The van der Waals surface area contributed by atoms with E-state index in [-0.39, 0.29) is 11.8 Å². The van der Waals surface area contributed by atoms with Crippen LogP contribution in [0.15, 0.2) is 30.3 Å². The van der Waals surface area contributed by atoms with Crippen molar-refractivity contribution in [3.63, 3.8) is 0 Å². The molecule has 1 aliphatic carbocycles. The van der Waals surface area contributed by atoms with Crippen molar-refractivity contribution in [2.75, 3.05) is 13.1 Å². The average Bonchev–Trinajstić information content (AvgIpc) is 3.38. The molecule has 0 spiro atoms. The van der Waals surface area contributed by atoms with Crippen LogP contribution in [-0.4, -0.2) is 29.7 Å². The predicted molar refractivity (Wildman–Crippen MR) is 82.0 cm³/mol. The molecule has 0 N–H and O–H groups in total. The Bertz CT molecular complexity index is 499. The monoisotopic (exact) mass is 285 g/mol. The molecule has 21 heavy (non-hydrogen) atoms. The van der Waals surface area contributed by atoms with Crippen LogP contribution in [0.2, 0.25) is 0 Å². The van der Waals surface area contributed by atoms with E-state index in [2.05, 4.69) is 24.3 Å². The van der Waals surface area contributed by atoms with E-state index in [1.807, 2.05) is 11.0 Å². The van der Waals surface area contributed by atoms with E-state index in [4.69, 9.17) is 0 Å². The standard InChI is InChI=1S/C18H23NO2/c20-17(16-6-7-16)8-9-18(21)19-12-10-15(11-13-19)14-4-2-1-3-5-14/h1-5,15-16H,6-13H2. The van der Waals surface area contributed by atoms with Crippen LogP contribution in [-0.2, 0) is 9.59 Å². The molecule has 3 rings (SSSR count). The predicted octanol–water partition coefficient (Wildman–Crippen LogP) is 3.15. The molecule has 3 heteroatoms. The number of carbonyl (C=O) groups is 2. The topological polar surface area (TPSA) is 37.4 Å². The van der Waals surface area contributed by atoms with E-state index in [0.29, 0.717) is 24.5 Å². The first-order valence-electron chi connectivity index (χ1n) is 8.09. The smallest absolute Gasteiger partial charge is 0.223 e. The van der Waals surface area contributed by atoms with Crippen LogP contribution in [0.3, 0.4) is 0 Å². The average molecular weight is 285 g/mol. The molecule has 0 aromatic heterocycles. The van der Waals surface area contributed by atoms with Crippen LogP contribution in [0, 0.1) is 5.92 Å². The number of piperidine rings is 1. The van der Waals surface area contributed by atoms with Crippen LogP contribution in [0.4, 0.5) is 0 Å². The van der Waals surface area contributed by atoms with Crippen LogP contribution in [0.5, 0.6) is 0 Å². The number of hydrogen-bond donors (Lipinski definition) is 0. The summed E-state index contributed by atoms with van der Waals surface area (Å²) in [7, 11) is 0. The second-order valence-electron chi connectivity index (χ2n) is 6.31. The second-order valence-corrected chi connectivity index (χ2v) is 6.31.